The van der Waals surface area contributed by atoms with Gasteiger partial charge in [-0.1, -0.05) is 20.8 Å². The summed E-state index contributed by atoms with van der Waals surface area (Å²) in [6.07, 6.45) is 0.954. The SMILES string of the molecule is CCC(N)CNc1nc(C)cc(C(C)C)n1. The Kier molecular flexibility index (Phi) is 4.68. The van der Waals surface area contributed by atoms with E-state index in [1.807, 2.05) is 13.0 Å². The number of nitrogens with one attached hydrogen (secondary N) is 1. The summed E-state index contributed by atoms with van der Waals surface area (Å²) >= 11 is 0. The van der Waals surface area contributed by atoms with Crippen LogP contribution in [0, 0.1) is 6.92 Å². The van der Waals surface area contributed by atoms with Crippen molar-refractivity contribution in [2.75, 3.05) is 11.9 Å². The highest BCUT2D eigenvalue weighted by atomic mass is 15.1. The van der Waals surface area contributed by atoms with E-state index >= 15 is 0 Å². The van der Waals surface area contributed by atoms with Crippen LogP contribution in [0.4, 0.5) is 5.95 Å². The molecule has 3 N–H and O–H groups in total. The summed E-state index contributed by atoms with van der Waals surface area (Å²) in [7, 11) is 0. The van der Waals surface area contributed by atoms with Crippen LogP contribution in [0.3, 0.4) is 0 Å². The third-order valence-electron chi connectivity index (χ3n) is 2.51. The fraction of sp³-hybridized carbons (Fsp3) is 0.667. The third kappa shape index (κ3) is 3.77. The van der Waals surface area contributed by atoms with Crippen molar-refractivity contribution in [2.45, 2.75) is 46.1 Å². The van der Waals surface area contributed by atoms with E-state index < -0.39 is 0 Å². The van der Waals surface area contributed by atoms with Crippen molar-refractivity contribution in [3.63, 3.8) is 0 Å². The van der Waals surface area contributed by atoms with Gasteiger partial charge in [-0.2, -0.15) is 0 Å². The molecule has 16 heavy (non-hydrogen) atoms. The van der Waals surface area contributed by atoms with E-state index in [2.05, 4.69) is 36.1 Å². The van der Waals surface area contributed by atoms with E-state index in [0.29, 0.717) is 11.9 Å². The lowest BCUT2D eigenvalue weighted by Gasteiger charge is -2.12. The molecule has 0 saturated carbocycles. The van der Waals surface area contributed by atoms with Crippen LogP contribution in [0.2, 0.25) is 0 Å². The van der Waals surface area contributed by atoms with Crippen LogP contribution >= 0.6 is 0 Å². The first-order chi connectivity index (χ1) is 7.52. The molecule has 1 rings (SSSR count). The molecule has 0 aliphatic rings. The zero-order valence-corrected chi connectivity index (χ0v) is 10.6. The van der Waals surface area contributed by atoms with Crippen LogP contribution in [0.25, 0.3) is 0 Å². The summed E-state index contributed by atoms with van der Waals surface area (Å²) < 4.78 is 0. The fourth-order valence-corrected chi connectivity index (χ4v) is 1.33. The lowest BCUT2D eigenvalue weighted by molar-refractivity contribution is 0.674. The van der Waals surface area contributed by atoms with Gasteiger partial charge in [-0.25, -0.2) is 9.97 Å². The second-order valence-electron chi connectivity index (χ2n) is 4.46. The van der Waals surface area contributed by atoms with Crippen LogP contribution in [0.15, 0.2) is 6.07 Å². The second kappa shape index (κ2) is 5.80. The molecule has 0 aromatic carbocycles. The molecule has 1 atom stereocenters. The smallest absolute Gasteiger partial charge is 0.223 e. The molecule has 1 aromatic heterocycles. The highest BCUT2D eigenvalue weighted by molar-refractivity contribution is 5.29. The van der Waals surface area contributed by atoms with E-state index in [1.165, 1.54) is 0 Å². The summed E-state index contributed by atoms with van der Waals surface area (Å²) in [5.74, 6) is 1.11. The number of nitrogens with zero attached hydrogens (tertiary/aromatic N) is 2. The number of aryl methyl sites for hydroxylation is 1. The number of aromatic nitrogens is 2. The van der Waals surface area contributed by atoms with Crippen molar-refractivity contribution in [1.82, 2.24) is 9.97 Å². The van der Waals surface area contributed by atoms with Crippen molar-refractivity contribution in [1.29, 1.82) is 0 Å². The lowest BCUT2D eigenvalue weighted by Crippen LogP contribution is -2.28. The molecule has 0 radical (unpaired) electrons. The Bertz CT molecular complexity index is 336. The van der Waals surface area contributed by atoms with Gasteiger partial charge in [0, 0.05) is 24.0 Å². The van der Waals surface area contributed by atoms with Gasteiger partial charge in [-0.05, 0) is 25.3 Å². The Morgan fingerprint density at radius 1 is 1.38 bits per heavy atom. The Labute approximate surface area is 97.7 Å². The van der Waals surface area contributed by atoms with Crippen LogP contribution in [0.1, 0.15) is 44.5 Å². The van der Waals surface area contributed by atoms with Gasteiger partial charge in [0.25, 0.3) is 0 Å². The topological polar surface area (TPSA) is 63.8 Å². The van der Waals surface area contributed by atoms with Crippen molar-refractivity contribution in [3.8, 4) is 0 Å². The summed E-state index contributed by atoms with van der Waals surface area (Å²) in [5.41, 5.74) is 7.90. The van der Waals surface area contributed by atoms with Gasteiger partial charge in [0.1, 0.15) is 0 Å². The predicted molar refractivity (Wildman–Crippen MR) is 67.6 cm³/mol. The molecule has 0 saturated heterocycles. The molecule has 0 aliphatic carbocycles. The third-order valence-corrected chi connectivity index (χ3v) is 2.51. The zero-order valence-electron chi connectivity index (χ0n) is 10.6. The molecule has 0 bridgehead atoms. The summed E-state index contributed by atoms with van der Waals surface area (Å²) in [5, 5.41) is 3.18. The molecule has 0 amide bonds. The van der Waals surface area contributed by atoms with Crippen molar-refractivity contribution in [3.05, 3.63) is 17.5 Å². The van der Waals surface area contributed by atoms with E-state index in [0.717, 1.165) is 24.4 Å². The second-order valence-corrected chi connectivity index (χ2v) is 4.46. The fourth-order valence-electron chi connectivity index (χ4n) is 1.33. The number of anilines is 1. The molecule has 0 fully saturated rings. The van der Waals surface area contributed by atoms with Crippen LogP contribution in [-0.2, 0) is 0 Å². The minimum atomic E-state index is 0.159. The molecule has 1 unspecified atom stereocenters. The average molecular weight is 222 g/mol. The maximum absolute atomic E-state index is 5.84. The zero-order chi connectivity index (χ0) is 12.1. The van der Waals surface area contributed by atoms with Crippen molar-refractivity contribution in [2.24, 2.45) is 5.73 Å². The highest BCUT2D eigenvalue weighted by Gasteiger charge is 2.06. The first-order valence-electron chi connectivity index (χ1n) is 5.88. The maximum Gasteiger partial charge on any atom is 0.223 e. The van der Waals surface area contributed by atoms with Gasteiger partial charge in [0.05, 0.1) is 0 Å². The lowest BCUT2D eigenvalue weighted by atomic mass is 10.1. The number of hydrogen-bond donors (Lipinski definition) is 2. The molecule has 4 heteroatoms. The number of hydrogen-bond acceptors (Lipinski definition) is 4. The minimum absolute atomic E-state index is 0.159. The van der Waals surface area contributed by atoms with Gasteiger partial charge >= 0.3 is 0 Å². The van der Waals surface area contributed by atoms with Crippen LogP contribution in [-0.4, -0.2) is 22.6 Å². The largest absolute Gasteiger partial charge is 0.353 e. The molecule has 90 valence electrons. The van der Waals surface area contributed by atoms with E-state index in [-0.39, 0.29) is 6.04 Å². The Morgan fingerprint density at radius 2 is 2.06 bits per heavy atom. The van der Waals surface area contributed by atoms with Gasteiger partial charge in [0.2, 0.25) is 5.95 Å². The van der Waals surface area contributed by atoms with E-state index in [4.69, 9.17) is 5.73 Å². The average Bonchev–Trinajstić information content (AvgIpc) is 2.25. The Morgan fingerprint density at radius 3 is 2.62 bits per heavy atom. The maximum atomic E-state index is 5.84. The van der Waals surface area contributed by atoms with E-state index in [9.17, 15) is 0 Å². The predicted octanol–water partition coefficient (Wildman–Crippen LogP) is 2.06. The molecular weight excluding hydrogens is 200 g/mol. The molecule has 4 nitrogen and oxygen atoms in total. The Balaban J connectivity index is 2.72. The number of nitrogens with two attached hydrogens (primary N) is 1. The van der Waals surface area contributed by atoms with Gasteiger partial charge in [0.15, 0.2) is 0 Å². The van der Waals surface area contributed by atoms with Crippen molar-refractivity contribution >= 4 is 5.95 Å². The molecule has 1 heterocycles. The first kappa shape index (κ1) is 12.9. The monoisotopic (exact) mass is 222 g/mol. The molecular formula is C12H22N4. The van der Waals surface area contributed by atoms with Crippen LogP contribution < -0.4 is 11.1 Å². The van der Waals surface area contributed by atoms with E-state index in [1.54, 1.807) is 0 Å². The summed E-state index contributed by atoms with van der Waals surface area (Å²) in [6, 6.07) is 2.18. The summed E-state index contributed by atoms with van der Waals surface area (Å²) in [4.78, 5) is 8.81. The standard InChI is InChI=1S/C12H22N4/c1-5-10(13)7-14-12-15-9(4)6-11(16-12)8(2)3/h6,8,10H,5,7,13H2,1-4H3,(H,14,15,16). The number of rotatable bonds is 5. The minimum Gasteiger partial charge on any atom is -0.353 e. The first-order valence-corrected chi connectivity index (χ1v) is 5.88. The Hall–Kier alpha value is -1.16. The van der Waals surface area contributed by atoms with Crippen molar-refractivity contribution < 1.29 is 0 Å². The highest BCUT2D eigenvalue weighted by Crippen LogP contribution is 2.14. The molecule has 1 aromatic rings. The van der Waals surface area contributed by atoms with Gasteiger partial charge < -0.3 is 11.1 Å². The van der Waals surface area contributed by atoms with Gasteiger partial charge in [-0.3, -0.25) is 0 Å². The molecule has 0 spiro atoms. The van der Waals surface area contributed by atoms with Gasteiger partial charge in [-0.15, -0.1) is 0 Å². The van der Waals surface area contributed by atoms with Crippen LogP contribution in [0.5, 0.6) is 0 Å². The normalized spacial score (nSPS) is 12.9. The summed E-state index contributed by atoms with van der Waals surface area (Å²) in [6.45, 7) is 9.03. The quantitative estimate of drug-likeness (QED) is 0.800. The molecule has 0 aliphatic heterocycles.